The van der Waals surface area contributed by atoms with Gasteiger partial charge >= 0.3 is 6.18 Å². The zero-order valence-corrected chi connectivity index (χ0v) is 19.9. The van der Waals surface area contributed by atoms with E-state index in [0.29, 0.717) is 43.7 Å². The van der Waals surface area contributed by atoms with E-state index in [1.807, 2.05) is 31.2 Å². The van der Waals surface area contributed by atoms with E-state index in [1.165, 1.54) is 0 Å². The second-order valence-electron chi connectivity index (χ2n) is 5.98. The second-order valence-corrected chi connectivity index (χ2v) is 6.93. The van der Waals surface area contributed by atoms with Crippen molar-refractivity contribution in [2.24, 2.45) is 4.99 Å². The predicted octanol–water partition coefficient (Wildman–Crippen LogP) is 4.82. The summed E-state index contributed by atoms with van der Waals surface area (Å²) >= 11 is 0.992. The molecule has 0 bridgehead atoms. The average molecular weight is 558 g/mol. The number of methoxy groups -OCH3 is 1. The summed E-state index contributed by atoms with van der Waals surface area (Å²) in [5.41, 5.74) is -0.0589. The summed E-state index contributed by atoms with van der Waals surface area (Å²) in [7, 11) is 1.65. The maximum atomic E-state index is 12.6. The molecule has 0 unspecified atom stereocenters. The van der Waals surface area contributed by atoms with Crippen LogP contribution in [-0.2, 0) is 17.3 Å². The highest BCUT2D eigenvalue weighted by Crippen LogP contribution is 2.30. The molecule has 2 N–H and O–H groups in total. The van der Waals surface area contributed by atoms with Crippen LogP contribution in [0.1, 0.15) is 24.0 Å². The van der Waals surface area contributed by atoms with Crippen LogP contribution in [0.25, 0.3) is 0 Å². The predicted molar refractivity (Wildman–Crippen MR) is 124 cm³/mol. The van der Waals surface area contributed by atoms with Gasteiger partial charge in [0.25, 0.3) is 0 Å². The van der Waals surface area contributed by atoms with Gasteiger partial charge in [0.05, 0.1) is 11.6 Å². The van der Waals surface area contributed by atoms with Crippen molar-refractivity contribution in [2.75, 3.05) is 38.7 Å². The van der Waals surface area contributed by atoms with Gasteiger partial charge in [-0.3, -0.25) is 4.99 Å². The van der Waals surface area contributed by atoms with E-state index in [4.69, 9.17) is 9.47 Å². The molecule has 0 saturated carbocycles. The SMILES string of the molecule is CCNC(=NCCc1nc(C(F)(F)F)cs1)Nc1cccc(OCCCOC)c1.I. The molecule has 0 amide bonds. The standard InChI is InChI=1S/C19H25F3N4O2S.HI/c1-3-23-18(24-9-8-17-26-16(13-29-17)19(20,21)22)25-14-6-4-7-15(12-14)28-11-5-10-27-2;/h4,6-7,12-13H,3,5,8-11H2,1-2H3,(H2,23,24,25);1H. The summed E-state index contributed by atoms with van der Waals surface area (Å²) in [5.74, 6) is 1.26. The van der Waals surface area contributed by atoms with Gasteiger partial charge < -0.3 is 20.1 Å². The topological polar surface area (TPSA) is 67.8 Å². The molecule has 30 heavy (non-hydrogen) atoms. The van der Waals surface area contributed by atoms with Crippen LogP contribution in [0.5, 0.6) is 5.75 Å². The van der Waals surface area contributed by atoms with Crippen molar-refractivity contribution in [1.29, 1.82) is 0 Å². The van der Waals surface area contributed by atoms with Crippen molar-refractivity contribution in [1.82, 2.24) is 10.3 Å². The first-order valence-corrected chi connectivity index (χ1v) is 10.1. The Morgan fingerprint density at radius 3 is 2.73 bits per heavy atom. The Hall–Kier alpha value is -1.60. The smallest absolute Gasteiger partial charge is 0.434 e. The lowest BCUT2D eigenvalue weighted by Gasteiger charge is -2.12. The third-order valence-corrected chi connectivity index (χ3v) is 4.55. The Labute approximate surface area is 195 Å². The molecular weight excluding hydrogens is 532 g/mol. The van der Waals surface area contributed by atoms with Crippen molar-refractivity contribution in [3.05, 3.63) is 40.3 Å². The molecule has 11 heteroatoms. The fourth-order valence-corrected chi connectivity index (χ4v) is 3.11. The minimum atomic E-state index is -4.41. The number of halogens is 4. The second kappa shape index (κ2) is 13.7. The van der Waals surface area contributed by atoms with E-state index < -0.39 is 11.9 Å². The highest BCUT2D eigenvalue weighted by Gasteiger charge is 2.33. The summed E-state index contributed by atoms with van der Waals surface area (Å²) in [4.78, 5) is 8.03. The third-order valence-electron chi connectivity index (χ3n) is 3.64. The molecule has 168 valence electrons. The van der Waals surface area contributed by atoms with Gasteiger partial charge in [0.2, 0.25) is 0 Å². The summed E-state index contributed by atoms with van der Waals surface area (Å²) in [6.45, 7) is 4.09. The molecule has 1 aromatic carbocycles. The minimum Gasteiger partial charge on any atom is -0.493 e. The van der Waals surface area contributed by atoms with Crippen LogP contribution in [0.3, 0.4) is 0 Å². The van der Waals surface area contributed by atoms with E-state index in [9.17, 15) is 13.2 Å². The van der Waals surface area contributed by atoms with E-state index in [1.54, 1.807) is 7.11 Å². The maximum Gasteiger partial charge on any atom is 0.434 e. The van der Waals surface area contributed by atoms with Crippen molar-refractivity contribution in [3.8, 4) is 5.75 Å². The van der Waals surface area contributed by atoms with Gasteiger partial charge in [0.15, 0.2) is 11.7 Å². The number of ether oxygens (including phenoxy) is 2. The van der Waals surface area contributed by atoms with Gasteiger partial charge in [-0.2, -0.15) is 13.2 Å². The molecule has 6 nitrogen and oxygen atoms in total. The van der Waals surface area contributed by atoms with Gasteiger partial charge in [-0.05, 0) is 19.1 Å². The number of aliphatic imine (C=N–C) groups is 1. The highest BCUT2D eigenvalue weighted by molar-refractivity contribution is 14.0. The van der Waals surface area contributed by atoms with E-state index >= 15 is 0 Å². The molecule has 1 aromatic heterocycles. The number of nitrogens with zero attached hydrogens (tertiary/aromatic N) is 2. The van der Waals surface area contributed by atoms with E-state index in [2.05, 4.69) is 20.6 Å². The van der Waals surface area contributed by atoms with Gasteiger partial charge in [-0.1, -0.05) is 6.07 Å². The zero-order valence-electron chi connectivity index (χ0n) is 16.8. The van der Waals surface area contributed by atoms with E-state index in [-0.39, 0.29) is 24.0 Å². The van der Waals surface area contributed by atoms with Gasteiger partial charge in [0.1, 0.15) is 5.75 Å². The number of thiazole rings is 1. The molecule has 0 spiro atoms. The number of nitrogens with one attached hydrogen (secondary N) is 2. The van der Waals surface area contributed by atoms with Crippen LogP contribution < -0.4 is 15.4 Å². The van der Waals surface area contributed by atoms with Crippen LogP contribution in [-0.4, -0.2) is 44.4 Å². The molecule has 0 aliphatic rings. The molecule has 2 rings (SSSR count). The molecule has 1 heterocycles. The van der Waals surface area contributed by atoms with Gasteiger partial charge in [-0.15, -0.1) is 35.3 Å². The first-order chi connectivity index (χ1) is 13.9. The molecule has 0 aliphatic carbocycles. The number of alkyl halides is 3. The fraction of sp³-hybridized carbons (Fsp3) is 0.474. The van der Waals surface area contributed by atoms with E-state index in [0.717, 1.165) is 34.6 Å². The van der Waals surface area contributed by atoms with Gasteiger partial charge in [0, 0.05) is 56.8 Å². The average Bonchev–Trinajstić information content (AvgIpc) is 3.15. The largest absolute Gasteiger partial charge is 0.493 e. The Bertz CT molecular complexity index is 787. The number of rotatable bonds is 10. The summed E-state index contributed by atoms with van der Waals surface area (Å²) in [6.07, 6.45) is -3.28. The van der Waals surface area contributed by atoms with Crippen LogP contribution in [0, 0.1) is 0 Å². The summed E-state index contributed by atoms with van der Waals surface area (Å²) in [6, 6.07) is 7.47. The van der Waals surface area contributed by atoms with Crippen molar-refractivity contribution < 1.29 is 22.6 Å². The number of hydrogen-bond acceptors (Lipinski definition) is 5. The van der Waals surface area contributed by atoms with Crippen molar-refractivity contribution in [2.45, 2.75) is 25.9 Å². The quantitative estimate of drug-likeness (QED) is 0.190. The number of hydrogen-bond donors (Lipinski definition) is 2. The Balaban J connectivity index is 0.00000450. The lowest BCUT2D eigenvalue weighted by molar-refractivity contribution is -0.140. The number of aromatic nitrogens is 1. The van der Waals surface area contributed by atoms with Crippen LogP contribution in [0.4, 0.5) is 18.9 Å². The Morgan fingerprint density at radius 1 is 1.27 bits per heavy atom. The molecular formula is C19H26F3IN4O2S. The first-order valence-electron chi connectivity index (χ1n) is 9.21. The number of anilines is 1. The summed E-state index contributed by atoms with van der Waals surface area (Å²) in [5, 5.41) is 7.72. The third kappa shape index (κ3) is 9.47. The molecule has 0 aliphatic heterocycles. The van der Waals surface area contributed by atoms with Crippen LogP contribution >= 0.6 is 35.3 Å². The lowest BCUT2D eigenvalue weighted by Crippen LogP contribution is -2.30. The Morgan fingerprint density at radius 2 is 2.07 bits per heavy atom. The van der Waals surface area contributed by atoms with Gasteiger partial charge in [-0.25, -0.2) is 4.98 Å². The Kier molecular flexibility index (Phi) is 12.0. The van der Waals surface area contributed by atoms with Crippen molar-refractivity contribution >= 4 is 47.0 Å². The normalized spacial score (nSPS) is 11.7. The monoisotopic (exact) mass is 558 g/mol. The lowest BCUT2D eigenvalue weighted by atomic mass is 10.3. The number of benzene rings is 1. The summed E-state index contributed by atoms with van der Waals surface area (Å²) < 4.78 is 48.5. The van der Waals surface area contributed by atoms with Crippen LogP contribution in [0.2, 0.25) is 0 Å². The maximum absolute atomic E-state index is 12.6. The molecule has 0 atom stereocenters. The first kappa shape index (κ1) is 26.4. The molecule has 0 saturated heterocycles. The number of guanidine groups is 1. The fourth-order valence-electron chi connectivity index (χ4n) is 2.32. The molecule has 0 fully saturated rings. The van der Waals surface area contributed by atoms with Crippen LogP contribution in [0.15, 0.2) is 34.6 Å². The van der Waals surface area contributed by atoms with Crippen molar-refractivity contribution in [3.63, 3.8) is 0 Å². The minimum absolute atomic E-state index is 0. The zero-order chi connectivity index (χ0) is 21.1. The highest BCUT2D eigenvalue weighted by atomic mass is 127. The molecule has 0 radical (unpaired) electrons. The molecule has 2 aromatic rings.